The van der Waals surface area contributed by atoms with Crippen molar-refractivity contribution >= 4 is 36.0 Å². The molecule has 0 aliphatic heterocycles. The number of hydrogen-bond acceptors (Lipinski definition) is 4. The molecule has 1 aromatic heterocycles. The van der Waals surface area contributed by atoms with Crippen LogP contribution in [0.25, 0.3) is 0 Å². The summed E-state index contributed by atoms with van der Waals surface area (Å²) in [6.45, 7) is 10.3. The molecule has 0 saturated heterocycles. The van der Waals surface area contributed by atoms with Gasteiger partial charge in [-0.15, -0.1) is 24.0 Å². The predicted octanol–water partition coefficient (Wildman–Crippen LogP) is 2.87. The minimum absolute atomic E-state index is 0. The second-order valence-electron chi connectivity index (χ2n) is 6.87. The number of rotatable bonds is 5. The largest absolute Gasteiger partial charge is 0.467 e. The average Bonchev–Trinajstić information content (AvgIpc) is 2.88. The van der Waals surface area contributed by atoms with Crippen LogP contribution in [0.3, 0.4) is 0 Å². The van der Waals surface area contributed by atoms with Crippen molar-refractivity contribution in [2.45, 2.75) is 52.3 Å². The average molecular weight is 452 g/mol. The van der Waals surface area contributed by atoms with Crippen molar-refractivity contribution in [3.8, 4) is 0 Å². The van der Waals surface area contributed by atoms with Crippen LogP contribution in [0, 0.1) is 0 Å². The van der Waals surface area contributed by atoms with Gasteiger partial charge < -0.3 is 25.1 Å². The van der Waals surface area contributed by atoms with Gasteiger partial charge in [-0.3, -0.25) is 4.99 Å². The Labute approximate surface area is 161 Å². The molecule has 3 N–H and O–H groups in total. The molecule has 0 radical (unpaired) electrons. The van der Waals surface area contributed by atoms with Crippen molar-refractivity contribution in [3.05, 3.63) is 24.2 Å². The summed E-state index contributed by atoms with van der Waals surface area (Å²) in [6, 6.07) is 3.72. The zero-order chi connectivity index (χ0) is 17.5. The third-order valence-corrected chi connectivity index (χ3v) is 2.77. The van der Waals surface area contributed by atoms with Gasteiger partial charge in [-0.1, -0.05) is 0 Å². The van der Waals surface area contributed by atoms with E-state index in [4.69, 9.17) is 9.15 Å². The van der Waals surface area contributed by atoms with Crippen molar-refractivity contribution in [2.24, 2.45) is 4.99 Å². The second-order valence-corrected chi connectivity index (χ2v) is 6.87. The van der Waals surface area contributed by atoms with E-state index >= 15 is 0 Å². The van der Waals surface area contributed by atoms with Crippen LogP contribution >= 0.6 is 24.0 Å². The molecule has 0 bridgehead atoms. The summed E-state index contributed by atoms with van der Waals surface area (Å²) in [5, 5.41) is 9.14. The Bertz CT molecular complexity index is 522. The SMILES string of the molecule is CN=C(NCc1ccco1)NCC(C)(C)NC(=O)OC(C)(C)C.I. The van der Waals surface area contributed by atoms with Crippen molar-refractivity contribution in [1.82, 2.24) is 16.0 Å². The molecule has 7 nitrogen and oxygen atoms in total. The van der Waals surface area contributed by atoms with Gasteiger partial charge in [0, 0.05) is 13.6 Å². The Balaban J connectivity index is 0.00000529. The minimum Gasteiger partial charge on any atom is -0.467 e. The summed E-state index contributed by atoms with van der Waals surface area (Å²) >= 11 is 0. The number of hydrogen-bond donors (Lipinski definition) is 3. The summed E-state index contributed by atoms with van der Waals surface area (Å²) in [4.78, 5) is 16.0. The van der Waals surface area contributed by atoms with E-state index < -0.39 is 17.2 Å². The maximum Gasteiger partial charge on any atom is 0.408 e. The number of amides is 1. The van der Waals surface area contributed by atoms with Crippen LogP contribution < -0.4 is 16.0 Å². The normalized spacial score (nSPS) is 12.2. The molecule has 24 heavy (non-hydrogen) atoms. The summed E-state index contributed by atoms with van der Waals surface area (Å²) in [5.74, 6) is 1.44. The van der Waals surface area contributed by atoms with E-state index in [0.29, 0.717) is 19.0 Å². The van der Waals surface area contributed by atoms with Gasteiger partial charge in [-0.2, -0.15) is 0 Å². The van der Waals surface area contributed by atoms with E-state index in [9.17, 15) is 4.79 Å². The summed E-state index contributed by atoms with van der Waals surface area (Å²) in [6.07, 6.45) is 1.18. The lowest BCUT2D eigenvalue weighted by Crippen LogP contribution is -2.54. The molecule has 1 amide bonds. The van der Waals surface area contributed by atoms with E-state index in [1.165, 1.54) is 0 Å². The van der Waals surface area contributed by atoms with Crippen LogP contribution in [0.1, 0.15) is 40.4 Å². The van der Waals surface area contributed by atoms with Gasteiger partial charge in [0.1, 0.15) is 11.4 Å². The Morgan fingerprint density at radius 3 is 2.42 bits per heavy atom. The van der Waals surface area contributed by atoms with Gasteiger partial charge >= 0.3 is 6.09 Å². The molecule has 0 unspecified atom stereocenters. The molecule has 0 fully saturated rings. The molecular formula is C16H29IN4O3. The highest BCUT2D eigenvalue weighted by molar-refractivity contribution is 14.0. The number of nitrogens with zero attached hydrogens (tertiary/aromatic N) is 1. The zero-order valence-corrected chi connectivity index (χ0v) is 17.6. The van der Waals surface area contributed by atoms with Gasteiger partial charge in [0.05, 0.1) is 18.3 Å². The number of carbonyl (C=O) groups is 1. The Morgan fingerprint density at radius 1 is 1.25 bits per heavy atom. The minimum atomic E-state index is -0.520. The molecule has 0 aliphatic rings. The maximum atomic E-state index is 11.9. The number of carbonyl (C=O) groups excluding carboxylic acids is 1. The quantitative estimate of drug-likeness (QED) is 0.363. The molecule has 0 saturated carbocycles. The van der Waals surface area contributed by atoms with Crippen LogP contribution in [-0.4, -0.2) is 36.8 Å². The Morgan fingerprint density at radius 2 is 1.92 bits per heavy atom. The lowest BCUT2D eigenvalue weighted by atomic mass is 10.1. The molecule has 8 heteroatoms. The van der Waals surface area contributed by atoms with E-state index in [1.807, 2.05) is 46.8 Å². The van der Waals surface area contributed by atoms with Gasteiger partial charge in [-0.25, -0.2) is 4.79 Å². The number of alkyl carbamates (subject to hydrolysis) is 1. The summed E-state index contributed by atoms with van der Waals surface area (Å²) in [7, 11) is 1.69. The van der Waals surface area contributed by atoms with E-state index in [0.717, 1.165) is 5.76 Å². The fourth-order valence-electron chi connectivity index (χ4n) is 1.73. The Kier molecular flexibility index (Phi) is 9.16. The van der Waals surface area contributed by atoms with Crippen molar-refractivity contribution in [2.75, 3.05) is 13.6 Å². The molecule has 1 heterocycles. The van der Waals surface area contributed by atoms with Gasteiger partial charge in [0.25, 0.3) is 0 Å². The first kappa shape index (κ1) is 22.6. The standard InChI is InChI=1S/C16H28N4O3.HI/c1-15(2,3)23-14(21)20-16(4,5)11-19-13(17-6)18-10-12-8-7-9-22-12;/h7-9H,10-11H2,1-6H3,(H,20,21)(H2,17,18,19);1H. The molecule has 138 valence electrons. The smallest absolute Gasteiger partial charge is 0.408 e. The van der Waals surface area contributed by atoms with E-state index in [2.05, 4.69) is 20.9 Å². The lowest BCUT2D eigenvalue weighted by Gasteiger charge is -2.29. The summed E-state index contributed by atoms with van der Waals surface area (Å²) < 4.78 is 10.5. The predicted molar refractivity (Wildman–Crippen MR) is 106 cm³/mol. The van der Waals surface area contributed by atoms with Crippen molar-refractivity contribution in [3.63, 3.8) is 0 Å². The van der Waals surface area contributed by atoms with Crippen LogP contribution in [0.5, 0.6) is 0 Å². The van der Waals surface area contributed by atoms with Crippen molar-refractivity contribution < 1.29 is 13.9 Å². The third kappa shape index (κ3) is 9.64. The number of aliphatic imine (C=N–C) groups is 1. The van der Waals surface area contributed by atoms with Crippen LogP contribution in [0.2, 0.25) is 0 Å². The number of guanidine groups is 1. The zero-order valence-electron chi connectivity index (χ0n) is 15.2. The van der Waals surface area contributed by atoms with Gasteiger partial charge in [0.2, 0.25) is 0 Å². The number of furan rings is 1. The number of halogens is 1. The van der Waals surface area contributed by atoms with Crippen LogP contribution in [0.15, 0.2) is 27.8 Å². The highest BCUT2D eigenvalue weighted by atomic mass is 127. The fraction of sp³-hybridized carbons (Fsp3) is 0.625. The summed E-state index contributed by atoms with van der Waals surface area (Å²) in [5.41, 5.74) is -1.02. The molecule has 1 aromatic rings. The number of ether oxygens (including phenoxy) is 1. The highest BCUT2D eigenvalue weighted by Gasteiger charge is 2.24. The molecule has 0 spiro atoms. The molecule has 0 atom stereocenters. The number of nitrogens with one attached hydrogen (secondary N) is 3. The molecule has 0 aromatic carbocycles. The Hall–Kier alpha value is -1.45. The third-order valence-electron chi connectivity index (χ3n) is 2.77. The van der Waals surface area contributed by atoms with Crippen molar-refractivity contribution in [1.29, 1.82) is 0 Å². The van der Waals surface area contributed by atoms with Gasteiger partial charge in [0.15, 0.2) is 5.96 Å². The molecule has 0 aliphatic carbocycles. The monoisotopic (exact) mass is 452 g/mol. The topological polar surface area (TPSA) is 87.9 Å². The fourth-order valence-corrected chi connectivity index (χ4v) is 1.73. The maximum absolute atomic E-state index is 11.9. The molecule has 1 rings (SSSR count). The van der Waals surface area contributed by atoms with E-state index in [-0.39, 0.29) is 24.0 Å². The van der Waals surface area contributed by atoms with E-state index in [1.54, 1.807) is 13.3 Å². The first-order valence-electron chi connectivity index (χ1n) is 7.59. The first-order chi connectivity index (χ1) is 10.6. The van der Waals surface area contributed by atoms with Crippen LogP contribution in [0.4, 0.5) is 4.79 Å². The van der Waals surface area contributed by atoms with Gasteiger partial charge in [-0.05, 0) is 46.8 Å². The highest BCUT2D eigenvalue weighted by Crippen LogP contribution is 2.09. The first-order valence-corrected chi connectivity index (χ1v) is 7.59. The molecular weight excluding hydrogens is 423 g/mol. The lowest BCUT2D eigenvalue weighted by molar-refractivity contribution is 0.0474. The second kappa shape index (κ2) is 9.75. The van der Waals surface area contributed by atoms with Crippen LogP contribution in [-0.2, 0) is 11.3 Å².